The molecule has 0 unspecified atom stereocenters. The standard InChI is InChI=1S/C23H22N4O5/c1-14-12-18(25-32-14)24-19(28)13-26(2)20(29)10-5-11-27-22(30)16-8-3-6-15-7-4-9-17(21(15)16)23(27)31/h3-4,6-9,12H,5,10-11,13H2,1-2H3,(H,24,25,28). The molecule has 32 heavy (non-hydrogen) atoms. The molecule has 1 aliphatic rings. The minimum absolute atomic E-state index is 0.0930. The maximum atomic E-state index is 12.9. The van der Waals surface area contributed by atoms with E-state index in [0.29, 0.717) is 28.7 Å². The summed E-state index contributed by atoms with van der Waals surface area (Å²) in [6, 6.07) is 12.3. The molecule has 1 aliphatic heterocycles. The number of aryl methyl sites for hydroxylation is 1. The van der Waals surface area contributed by atoms with Crippen LogP contribution in [0.25, 0.3) is 10.8 Å². The van der Waals surface area contributed by atoms with Gasteiger partial charge in [-0.15, -0.1) is 0 Å². The second-order valence-corrected chi connectivity index (χ2v) is 7.70. The lowest BCUT2D eigenvalue weighted by Gasteiger charge is -2.27. The summed E-state index contributed by atoms with van der Waals surface area (Å²) in [4.78, 5) is 52.7. The van der Waals surface area contributed by atoms with E-state index in [9.17, 15) is 19.2 Å². The van der Waals surface area contributed by atoms with Crippen LogP contribution < -0.4 is 5.32 Å². The minimum atomic E-state index is -0.403. The molecular weight excluding hydrogens is 412 g/mol. The van der Waals surface area contributed by atoms with E-state index in [-0.39, 0.29) is 43.0 Å². The summed E-state index contributed by atoms with van der Waals surface area (Å²) in [6.07, 6.45) is 0.388. The number of nitrogens with one attached hydrogen (secondary N) is 1. The van der Waals surface area contributed by atoms with Crippen LogP contribution in [-0.4, -0.2) is 58.7 Å². The van der Waals surface area contributed by atoms with Gasteiger partial charge in [0.2, 0.25) is 11.8 Å². The molecule has 3 aromatic rings. The van der Waals surface area contributed by atoms with Crippen molar-refractivity contribution in [1.82, 2.24) is 15.0 Å². The van der Waals surface area contributed by atoms with Crippen molar-refractivity contribution in [3.8, 4) is 0 Å². The number of amides is 4. The Bertz CT molecular complexity index is 1180. The Morgan fingerprint density at radius 3 is 2.34 bits per heavy atom. The Morgan fingerprint density at radius 1 is 1.09 bits per heavy atom. The molecule has 2 aromatic carbocycles. The molecule has 4 amide bonds. The molecule has 1 aromatic heterocycles. The number of hydrogen-bond donors (Lipinski definition) is 1. The quantitative estimate of drug-likeness (QED) is 0.572. The van der Waals surface area contributed by atoms with E-state index < -0.39 is 5.91 Å². The van der Waals surface area contributed by atoms with Crippen LogP contribution in [0.2, 0.25) is 0 Å². The zero-order valence-electron chi connectivity index (χ0n) is 17.8. The minimum Gasteiger partial charge on any atom is -0.360 e. The van der Waals surface area contributed by atoms with E-state index in [1.165, 1.54) is 16.8 Å². The van der Waals surface area contributed by atoms with Crippen LogP contribution in [0.5, 0.6) is 0 Å². The third-order valence-electron chi connectivity index (χ3n) is 5.33. The second kappa shape index (κ2) is 8.62. The number of benzene rings is 2. The first-order valence-electron chi connectivity index (χ1n) is 10.2. The Labute approximate surface area is 183 Å². The van der Waals surface area contributed by atoms with Crippen molar-refractivity contribution in [3.05, 3.63) is 59.4 Å². The molecule has 9 heteroatoms. The van der Waals surface area contributed by atoms with Crippen LogP contribution in [0.15, 0.2) is 47.0 Å². The van der Waals surface area contributed by atoms with E-state index >= 15 is 0 Å². The SMILES string of the molecule is Cc1cc(NC(=O)CN(C)C(=O)CCCN2C(=O)c3cccc4cccc(c34)C2=O)no1. The molecule has 164 valence electrons. The first kappa shape index (κ1) is 21.2. The number of carbonyl (C=O) groups is 4. The third-order valence-corrected chi connectivity index (χ3v) is 5.33. The predicted octanol–water partition coefficient (Wildman–Crippen LogP) is 2.61. The fourth-order valence-electron chi connectivity index (χ4n) is 3.77. The van der Waals surface area contributed by atoms with Gasteiger partial charge in [0.15, 0.2) is 5.82 Å². The molecule has 2 heterocycles. The van der Waals surface area contributed by atoms with E-state index in [2.05, 4.69) is 10.5 Å². The number of aromatic nitrogens is 1. The molecule has 0 aliphatic carbocycles. The summed E-state index contributed by atoms with van der Waals surface area (Å²) in [7, 11) is 1.52. The van der Waals surface area contributed by atoms with Gasteiger partial charge < -0.3 is 14.7 Å². The summed E-state index contributed by atoms with van der Waals surface area (Å²) in [6.45, 7) is 1.67. The zero-order valence-corrected chi connectivity index (χ0v) is 17.8. The van der Waals surface area contributed by atoms with Crippen LogP contribution in [0.3, 0.4) is 0 Å². The maximum Gasteiger partial charge on any atom is 0.261 e. The van der Waals surface area contributed by atoms with Crippen LogP contribution >= 0.6 is 0 Å². The summed E-state index contributed by atoms with van der Waals surface area (Å²) in [5.74, 6) is -0.544. The van der Waals surface area contributed by atoms with Crippen molar-refractivity contribution in [2.75, 3.05) is 25.5 Å². The molecule has 1 N–H and O–H groups in total. The van der Waals surface area contributed by atoms with Crippen molar-refractivity contribution < 1.29 is 23.7 Å². The van der Waals surface area contributed by atoms with Crippen molar-refractivity contribution in [1.29, 1.82) is 0 Å². The molecule has 0 spiro atoms. The van der Waals surface area contributed by atoms with Crippen molar-refractivity contribution in [2.45, 2.75) is 19.8 Å². The Hall–Kier alpha value is -4.01. The highest BCUT2D eigenvalue weighted by Gasteiger charge is 2.32. The number of hydrogen-bond acceptors (Lipinski definition) is 6. The summed E-state index contributed by atoms with van der Waals surface area (Å²) in [5, 5.41) is 7.74. The average molecular weight is 434 g/mol. The van der Waals surface area contributed by atoms with Gasteiger partial charge in [0.25, 0.3) is 11.8 Å². The van der Waals surface area contributed by atoms with Gasteiger partial charge in [-0.3, -0.25) is 24.1 Å². The van der Waals surface area contributed by atoms with Gasteiger partial charge in [-0.25, -0.2) is 0 Å². The third kappa shape index (κ3) is 4.09. The summed E-state index contributed by atoms with van der Waals surface area (Å²) >= 11 is 0. The fraction of sp³-hybridized carbons (Fsp3) is 0.261. The zero-order chi connectivity index (χ0) is 22.8. The van der Waals surface area contributed by atoms with Gasteiger partial charge in [-0.1, -0.05) is 29.4 Å². The van der Waals surface area contributed by atoms with Gasteiger partial charge in [0.05, 0.1) is 6.54 Å². The van der Waals surface area contributed by atoms with E-state index in [4.69, 9.17) is 4.52 Å². The molecule has 0 radical (unpaired) electrons. The molecule has 0 saturated heterocycles. The first-order chi connectivity index (χ1) is 15.3. The highest BCUT2D eigenvalue weighted by Crippen LogP contribution is 2.30. The molecule has 0 fully saturated rings. The smallest absolute Gasteiger partial charge is 0.261 e. The molecular formula is C23H22N4O5. The van der Waals surface area contributed by atoms with Gasteiger partial charge in [0, 0.05) is 42.6 Å². The van der Waals surface area contributed by atoms with Crippen molar-refractivity contribution in [2.24, 2.45) is 0 Å². The Kier molecular flexibility index (Phi) is 5.72. The Morgan fingerprint density at radius 2 is 1.75 bits per heavy atom. The van der Waals surface area contributed by atoms with Gasteiger partial charge in [-0.2, -0.15) is 0 Å². The predicted molar refractivity (Wildman–Crippen MR) is 116 cm³/mol. The number of nitrogens with zero attached hydrogens (tertiary/aromatic N) is 3. The highest BCUT2D eigenvalue weighted by molar-refractivity contribution is 6.25. The molecule has 0 bridgehead atoms. The summed E-state index contributed by atoms with van der Waals surface area (Å²) in [5.41, 5.74) is 0.974. The lowest BCUT2D eigenvalue weighted by Crippen LogP contribution is -2.41. The van der Waals surface area contributed by atoms with E-state index in [1.54, 1.807) is 37.3 Å². The van der Waals surface area contributed by atoms with E-state index in [0.717, 1.165) is 5.39 Å². The van der Waals surface area contributed by atoms with Crippen LogP contribution in [0.4, 0.5) is 5.82 Å². The van der Waals surface area contributed by atoms with Crippen molar-refractivity contribution in [3.63, 3.8) is 0 Å². The number of likely N-dealkylation sites (N-methyl/N-ethyl adjacent to an activating group) is 1. The summed E-state index contributed by atoms with van der Waals surface area (Å²) < 4.78 is 4.88. The molecule has 4 rings (SSSR count). The molecule has 0 atom stereocenters. The fourth-order valence-corrected chi connectivity index (χ4v) is 3.77. The van der Waals surface area contributed by atoms with Crippen molar-refractivity contribution >= 4 is 40.2 Å². The lowest BCUT2D eigenvalue weighted by molar-refractivity contribution is -0.133. The maximum absolute atomic E-state index is 12.9. The van der Waals surface area contributed by atoms with Crippen LogP contribution in [-0.2, 0) is 9.59 Å². The first-order valence-corrected chi connectivity index (χ1v) is 10.2. The number of imide groups is 1. The van der Waals surface area contributed by atoms with Gasteiger partial charge in [-0.05, 0) is 30.9 Å². The lowest BCUT2D eigenvalue weighted by atomic mass is 9.94. The molecule has 9 nitrogen and oxygen atoms in total. The largest absolute Gasteiger partial charge is 0.360 e. The van der Waals surface area contributed by atoms with E-state index in [1.807, 2.05) is 12.1 Å². The van der Waals surface area contributed by atoms with Crippen LogP contribution in [0, 0.1) is 6.92 Å². The number of rotatable bonds is 7. The normalized spacial score (nSPS) is 12.9. The average Bonchev–Trinajstić information content (AvgIpc) is 3.18. The monoisotopic (exact) mass is 434 g/mol. The molecule has 0 saturated carbocycles. The number of anilines is 1. The second-order valence-electron chi connectivity index (χ2n) is 7.70. The van der Waals surface area contributed by atoms with Crippen LogP contribution in [0.1, 0.15) is 39.3 Å². The van der Waals surface area contributed by atoms with Gasteiger partial charge >= 0.3 is 0 Å². The Balaban J connectivity index is 1.33. The highest BCUT2D eigenvalue weighted by atomic mass is 16.5. The number of carbonyl (C=O) groups excluding carboxylic acids is 4. The topological polar surface area (TPSA) is 113 Å². The van der Waals surface area contributed by atoms with Gasteiger partial charge in [0.1, 0.15) is 5.76 Å².